The van der Waals surface area contributed by atoms with Crippen LogP contribution in [0.5, 0.6) is 0 Å². The minimum Gasteiger partial charge on any atom is -0.477 e. The van der Waals surface area contributed by atoms with Crippen LogP contribution in [0.25, 0.3) is 11.1 Å². The third-order valence-electron chi connectivity index (χ3n) is 4.54. The van der Waals surface area contributed by atoms with Gasteiger partial charge in [0.05, 0.1) is 5.69 Å². The highest BCUT2D eigenvalue weighted by Crippen LogP contribution is 2.44. The maximum absolute atomic E-state index is 12.2. The van der Waals surface area contributed by atoms with Crippen molar-refractivity contribution < 1.29 is 19.4 Å². The van der Waals surface area contributed by atoms with Gasteiger partial charge >= 0.3 is 12.1 Å². The van der Waals surface area contributed by atoms with E-state index >= 15 is 0 Å². The molecule has 136 valence electrons. The maximum atomic E-state index is 12.2. The van der Waals surface area contributed by atoms with Gasteiger partial charge in [-0.05, 0) is 29.2 Å². The summed E-state index contributed by atoms with van der Waals surface area (Å²) in [4.78, 5) is 27.4. The fraction of sp³-hybridized carbons (Fsp3) is 0.150. The number of nitrogens with one attached hydrogen (secondary N) is 1. The fourth-order valence-corrected chi connectivity index (χ4v) is 4.16. The molecule has 4 rings (SSSR count). The second kappa shape index (κ2) is 6.85. The SMILES string of the molecule is Cc1nc(NC(=O)OCC2c3ccccc3-c3ccccc32)sc1C(=O)O. The first-order chi connectivity index (χ1) is 13.0. The molecule has 1 amide bonds. The largest absolute Gasteiger partial charge is 0.477 e. The Morgan fingerprint density at radius 1 is 1.11 bits per heavy atom. The number of hydrogen-bond acceptors (Lipinski definition) is 5. The van der Waals surface area contributed by atoms with Gasteiger partial charge < -0.3 is 9.84 Å². The van der Waals surface area contributed by atoms with Crippen LogP contribution in [0.4, 0.5) is 9.93 Å². The summed E-state index contributed by atoms with van der Waals surface area (Å²) >= 11 is 0.909. The lowest BCUT2D eigenvalue weighted by molar-refractivity contribution is 0.0701. The first-order valence-electron chi connectivity index (χ1n) is 8.37. The third kappa shape index (κ3) is 3.17. The summed E-state index contributed by atoms with van der Waals surface area (Å²) in [6.07, 6.45) is -0.650. The van der Waals surface area contributed by atoms with Crippen molar-refractivity contribution in [3.05, 3.63) is 70.2 Å². The summed E-state index contributed by atoms with van der Waals surface area (Å²) in [6.45, 7) is 1.78. The van der Waals surface area contributed by atoms with Gasteiger partial charge in [-0.2, -0.15) is 0 Å². The molecule has 6 nitrogen and oxygen atoms in total. The normalized spacial score (nSPS) is 12.3. The van der Waals surface area contributed by atoms with Crippen LogP contribution in [0, 0.1) is 6.92 Å². The number of carbonyl (C=O) groups is 2. The van der Waals surface area contributed by atoms with E-state index in [-0.39, 0.29) is 22.5 Å². The zero-order valence-corrected chi connectivity index (χ0v) is 15.2. The van der Waals surface area contributed by atoms with Crippen molar-refractivity contribution in [3.63, 3.8) is 0 Å². The Bertz CT molecular complexity index is 998. The highest BCUT2D eigenvalue weighted by atomic mass is 32.1. The van der Waals surface area contributed by atoms with Crippen molar-refractivity contribution in [2.75, 3.05) is 11.9 Å². The highest BCUT2D eigenvalue weighted by molar-refractivity contribution is 7.17. The van der Waals surface area contributed by atoms with Crippen molar-refractivity contribution >= 4 is 28.5 Å². The lowest BCUT2D eigenvalue weighted by Crippen LogP contribution is -2.17. The van der Waals surface area contributed by atoms with Crippen LogP contribution >= 0.6 is 11.3 Å². The summed E-state index contributed by atoms with van der Waals surface area (Å²) in [5.74, 6) is -1.10. The van der Waals surface area contributed by atoms with Crippen molar-refractivity contribution in [3.8, 4) is 11.1 Å². The molecule has 0 radical (unpaired) electrons. The number of aryl methyl sites for hydroxylation is 1. The molecule has 0 aliphatic heterocycles. The van der Waals surface area contributed by atoms with Crippen molar-refractivity contribution in [1.82, 2.24) is 4.98 Å². The molecule has 3 aromatic rings. The van der Waals surface area contributed by atoms with Gasteiger partial charge in [-0.3, -0.25) is 5.32 Å². The van der Waals surface area contributed by atoms with Crippen molar-refractivity contribution in [2.24, 2.45) is 0 Å². The van der Waals surface area contributed by atoms with E-state index in [1.807, 2.05) is 36.4 Å². The number of fused-ring (bicyclic) bond motifs is 3. The molecule has 1 aliphatic carbocycles. The predicted molar refractivity (Wildman–Crippen MR) is 103 cm³/mol. The van der Waals surface area contributed by atoms with Crippen molar-refractivity contribution in [1.29, 1.82) is 0 Å². The number of amides is 1. The molecule has 0 bridgehead atoms. The minimum absolute atomic E-state index is 0.0317. The number of nitrogens with zero attached hydrogens (tertiary/aromatic N) is 1. The smallest absolute Gasteiger partial charge is 0.413 e. The number of aromatic nitrogens is 1. The number of anilines is 1. The average molecular weight is 380 g/mol. The molecule has 0 atom stereocenters. The van der Waals surface area contributed by atoms with Crippen LogP contribution in [0.1, 0.15) is 32.4 Å². The summed E-state index contributed by atoms with van der Waals surface area (Å²) < 4.78 is 5.42. The molecule has 0 spiro atoms. The van der Waals surface area contributed by atoms with E-state index in [2.05, 4.69) is 22.4 Å². The van der Waals surface area contributed by atoms with Crippen LogP contribution in [-0.2, 0) is 4.74 Å². The molecule has 27 heavy (non-hydrogen) atoms. The number of benzene rings is 2. The summed E-state index contributed by atoms with van der Waals surface area (Å²) in [5, 5.41) is 11.8. The van der Waals surface area contributed by atoms with Crippen LogP contribution < -0.4 is 5.32 Å². The Morgan fingerprint density at radius 2 is 1.70 bits per heavy atom. The average Bonchev–Trinajstić information content (AvgIpc) is 3.18. The first kappa shape index (κ1) is 17.2. The molecule has 2 N–H and O–H groups in total. The number of carbonyl (C=O) groups excluding carboxylic acids is 1. The lowest BCUT2D eigenvalue weighted by Gasteiger charge is -2.14. The molecular weight excluding hydrogens is 364 g/mol. The number of ether oxygens (including phenoxy) is 1. The zero-order valence-electron chi connectivity index (χ0n) is 14.4. The van der Waals surface area contributed by atoms with E-state index < -0.39 is 12.1 Å². The fourth-order valence-electron chi connectivity index (χ4n) is 3.37. The van der Waals surface area contributed by atoms with Crippen molar-refractivity contribution in [2.45, 2.75) is 12.8 Å². The topological polar surface area (TPSA) is 88.5 Å². The first-order valence-corrected chi connectivity index (χ1v) is 9.19. The standard InChI is InChI=1S/C20H16N2O4S/c1-11-17(18(23)24)27-19(21-11)22-20(25)26-10-16-14-8-4-2-6-12(14)13-7-3-5-9-15(13)16/h2-9,16H,10H2,1H3,(H,23,24)(H,21,22,25). The maximum Gasteiger partial charge on any atom is 0.413 e. The Kier molecular flexibility index (Phi) is 4.37. The number of aromatic carboxylic acids is 1. The van der Waals surface area contributed by atoms with Crippen LogP contribution in [0.2, 0.25) is 0 Å². The molecule has 1 aromatic heterocycles. The Labute approximate surface area is 159 Å². The molecule has 1 aliphatic rings. The third-order valence-corrected chi connectivity index (χ3v) is 5.60. The Morgan fingerprint density at radius 3 is 2.26 bits per heavy atom. The van der Waals surface area contributed by atoms with E-state index in [0.29, 0.717) is 5.69 Å². The van der Waals surface area contributed by atoms with Crippen LogP contribution in [0.3, 0.4) is 0 Å². The number of rotatable bonds is 4. The van der Waals surface area contributed by atoms with Gasteiger partial charge in [-0.25, -0.2) is 14.6 Å². The van der Waals surface area contributed by atoms with Gasteiger partial charge in [-0.1, -0.05) is 59.9 Å². The molecule has 0 saturated carbocycles. The molecule has 2 aromatic carbocycles. The summed E-state index contributed by atoms with van der Waals surface area (Å²) in [5.41, 5.74) is 4.93. The van der Waals surface area contributed by atoms with Gasteiger partial charge in [0.15, 0.2) is 5.13 Å². The predicted octanol–water partition coefficient (Wildman–Crippen LogP) is 4.51. The second-order valence-electron chi connectivity index (χ2n) is 6.19. The van der Waals surface area contributed by atoms with E-state index in [4.69, 9.17) is 9.84 Å². The minimum atomic E-state index is -1.06. The van der Waals surface area contributed by atoms with E-state index in [9.17, 15) is 9.59 Å². The number of thiazole rings is 1. The molecule has 0 unspecified atom stereocenters. The number of hydrogen-bond donors (Lipinski definition) is 2. The zero-order chi connectivity index (χ0) is 19.0. The molecule has 0 saturated heterocycles. The molecular formula is C20H16N2O4S. The van der Waals surface area contributed by atoms with E-state index in [1.165, 1.54) is 0 Å². The highest BCUT2D eigenvalue weighted by Gasteiger charge is 2.29. The quantitative estimate of drug-likeness (QED) is 0.695. The van der Waals surface area contributed by atoms with Gasteiger partial charge in [0.25, 0.3) is 0 Å². The van der Waals surface area contributed by atoms with Gasteiger partial charge in [0.1, 0.15) is 11.5 Å². The van der Waals surface area contributed by atoms with Gasteiger partial charge in [0.2, 0.25) is 0 Å². The molecule has 7 heteroatoms. The van der Waals surface area contributed by atoms with E-state index in [1.54, 1.807) is 6.92 Å². The van der Waals surface area contributed by atoms with Crippen LogP contribution in [0.15, 0.2) is 48.5 Å². The number of carboxylic acids is 1. The number of carboxylic acid groups (broad SMARTS) is 1. The van der Waals surface area contributed by atoms with E-state index in [0.717, 1.165) is 33.6 Å². The Hall–Kier alpha value is -3.19. The molecule has 1 heterocycles. The molecule has 0 fully saturated rings. The van der Waals surface area contributed by atoms with Gasteiger partial charge in [-0.15, -0.1) is 0 Å². The van der Waals surface area contributed by atoms with Crippen LogP contribution in [-0.4, -0.2) is 28.8 Å². The van der Waals surface area contributed by atoms with Gasteiger partial charge in [0, 0.05) is 5.92 Å². The summed E-state index contributed by atoms with van der Waals surface area (Å²) in [7, 11) is 0. The summed E-state index contributed by atoms with van der Waals surface area (Å²) in [6, 6.07) is 16.2. The monoisotopic (exact) mass is 380 g/mol. The lowest BCUT2D eigenvalue weighted by atomic mass is 9.98. The second-order valence-corrected chi connectivity index (χ2v) is 7.19. The Balaban J connectivity index is 1.48.